The first-order chi connectivity index (χ1) is 9.45. The lowest BCUT2D eigenvalue weighted by molar-refractivity contribution is 0.406. The summed E-state index contributed by atoms with van der Waals surface area (Å²) in [4.78, 5) is 0. The van der Waals surface area contributed by atoms with Gasteiger partial charge in [0.2, 0.25) is 0 Å². The highest BCUT2D eigenvalue weighted by molar-refractivity contribution is 5.37. The Hall–Kier alpha value is -1.94. The van der Waals surface area contributed by atoms with Gasteiger partial charge in [0.15, 0.2) is 17.4 Å². The molecule has 2 aromatic carbocycles. The Morgan fingerprint density at radius 1 is 1.10 bits per heavy atom. The highest BCUT2D eigenvalue weighted by Gasteiger charge is 2.14. The van der Waals surface area contributed by atoms with E-state index in [0.717, 1.165) is 5.56 Å². The molecule has 1 unspecified atom stereocenters. The van der Waals surface area contributed by atoms with Gasteiger partial charge in [0, 0.05) is 6.04 Å². The van der Waals surface area contributed by atoms with Gasteiger partial charge in [-0.1, -0.05) is 17.7 Å². The maximum absolute atomic E-state index is 13.9. The van der Waals surface area contributed by atoms with Gasteiger partial charge in [-0.25, -0.2) is 8.78 Å². The standard InChI is InChI=1S/C16H17F2NO/c1-10-3-5-13(6-4-10)20-16-14(17)8-12(7-11(2)19)9-15(16)18/h3-6,8-9,11H,7,19H2,1-2H3. The summed E-state index contributed by atoms with van der Waals surface area (Å²) in [7, 11) is 0. The van der Waals surface area contributed by atoms with Crippen molar-refractivity contribution in [3.05, 3.63) is 59.2 Å². The minimum Gasteiger partial charge on any atom is -0.451 e. The summed E-state index contributed by atoms with van der Waals surface area (Å²) in [6.45, 7) is 3.71. The normalized spacial score (nSPS) is 12.2. The first-order valence-electron chi connectivity index (χ1n) is 6.43. The minimum absolute atomic E-state index is 0.155. The van der Waals surface area contributed by atoms with E-state index in [9.17, 15) is 8.78 Å². The summed E-state index contributed by atoms with van der Waals surface area (Å²) in [5.41, 5.74) is 7.19. The van der Waals surface area contributed by atoms with Gasteiger partial charge in [-0.05, 0) is 50.1 Å². The molecular weight excluding hydrogens is 260 g/mol. The lowest BCUT2D eigenvalue weighted by Gasteiger charge is -2.11. The molecule has 0 amide bonds. The number of nitrogens with two attached hydrogens (primary N) is 1. The second-order valence-corrected chi connectivity index (χ2v) is 4.99. The van der Waals surface area contributed by atoms with E-state index >= 15 is 0 Å². The van der Waals surface area contributed by atoms with Gasteiger partial charge in [-0.3, -0.25) is 0 Å². The summed E-state index contributed by atoms with van der Waals surface area (Å²) in [5.74, 6) is -1.43. The van der Waals surface area contributed by atoms with Crippen molar-refractivity contribution in [3.63, 3.8) is 0 Å². The Bertz CT molecular complexity index is 571. The molecule has 0 spiro atoms. The number of benzene rings is 2. The van der Waals surface area contributed by atoms with Crippen LogP contribution in [0, 0.1) is 18.6 Å². The molecule has 0 aliphatic carbocycles. The Morgan fingerprint density at radius 3 is 2.15 bits per heavy atom. The number of rotatable bonds is 4. The molecule has 0 aliphatic heterocycles. The molecule has 20 heavy (non-hydrogen) atoms. The van der Waals surface area contributed by atoms with E-state index in [2.05, 4.69) is 0 Å². The predicted molar refractivity (Wildman–Crippen MR) is 75.0 cm³/mol. The van der Waals surface area contributed by atoms with Crippen molar-refractivity contribution in [2.24, 2.45) is 5.73 Å². The molecule has 2 nitrogen and oxygen atoms in total. The Balaban J connectivity index is 2.26. The summed E-state index contributed by atoms with van der Waals surface area (Å²) in [5, 5.41) is 0. The maximum atomic E-state index is 13.9. The van der Waals surface area contributed by atoms with Gasteiger partial charge in [-0.2, -0.15) is 0 Å². The molecule has 1 atom stereocenters. The number of hydrogen-bond acceptors (Lipinski definition) is 2. The van der Waals surface area contributed by atoms with E-state index in [0.29, 0.717) is 17.7 Å². The monoisotopic (exact) mass is 277 g/mol. The molecule has 2 rings (SSSR count). The van der Waals surface area contributed by atoms with Crippen molar-refractivity contribution >= 4 is 0 Å². The van der Waals surface area contributed by atoms with Gasteiger partial charge >= 0.3 is 0 Å². The highest BCUT2D eigenvalue weighted by atomic mass is 19.1. The molecule has 0 saturated carbocycles. The van der Waals surface area contributed by atoms with E-state index in [1.54, 1.807) is 19.1 Å². The van der Waals surface area contributed by atoms with Crippen LogP contribution in [-0.2, 0) is 6.42 Å². The van der Waals surface area contributed by atoms with Crippen molar-refractivity contribution in [1.82, 2.24) is 0 Å². The Labute approximate surface area is 117 Å². The second kappa shape index (κ2) is 6.01. The quantitative estimate of drug-likeness (QED) is 0.918. The topological polar surface area (TPSA) is 35.2 Å². The average molecular weight is 277 g/mol. The molecule has 2 N–H and O–H groups in total. The first-order valence-corrected chi connectivity index (χ1v) is 6.43. The predicted octanol–water partition coefficient (Wildman–Crippen LogP) is 3.96. The zero-order chi connectivity index (χ0) is 14.7. The smallest absolute Gasteiger partial charge is 0.198 e. The van der Waals surface area contributed by atoms with Gasteiger partial charge in [0.1, 0.15) is 5.75 Å². The fourth-order valence-corrected chi connectivity index (χ4v) is 1.92. The van der Waals surface area contributed by atoms with E-state index in [-0.39, 0.29) is 11.8 Å². The van der Waals surface area contributed by atoms with Crippen molar-refractivity contribution in [1.29, 1.82) is 0 Å². The summed E-state index contributed by atoms with van der Waals surface area (Å²) >= 11 is 0. The van der Waals surface area contributed by atoms with Crippen LogP contribution in [0.15, 0.2) is 36.4 Å². The zero-order valence-corrected chi connectivity index (χ0v) is 11.5. The fourth-order valence-electron chi connectivity index (χ4n) is 1.92. The van der Waals surface area contributed by atoms with Crippen LogP contribution in [0.2, 0.25) is 0 Å². The number of hydrogen-bond donors (Lipinski definition) is 1. The van der Waals surface area contributed by atoms with Crippen LogP contribution < -0.4 is 10.5 Å². The van der Waals surface area contributed by atoms with Gasteiger partial charge in [0.05, 0.1) is 0 Å². The molecule has 0 saturated heterocycles. The lowest BCUT2D eigenvalue weighted by atomic mass is 10.1. The highest BCUT2D eigenvalue weighted by Crippen LogP contribution is 2.29. The van der Waals surface area contributed by atoms with Crippen LogP contribution in [0.25, 0.3) is 0 Å². The van der Waals surface area contributed by atoms with Crippen LogP contribution in [0.3, 0.4) is 0 Å². The van der Waals surface area contributed by atoms with Crippen LogP contribution in [0.4, 0.5) is 8.78 Å². The molecular formula is C16H17F2NO. The fraction of sp³-hybridized carbons (Fsp3) is 0.250. The molecule has 0 aliphatic rings. The van der Waals surface area contributed by atoms with E-state index in [4.69, 9.17) is 10.5 Å². The zero-order valence-electron chi connectivity index (χ0n) is 11.5. The van der Waals surface area contributed by atoms with Gasteiger partial charge in [0.25, 0.3) is 0 Å². The van der Waals surface area contributed by atoms with E-state index in [1.165, 1.54) is 12.1 Å². The lowest BCUT2D eigenvalue weighted by Crippen LogP contribution is -2.18. The van der Waals surface area contributed by atoms with Crippen LogP contribution >= 0.6 is 0 Å². The molecule has 4 heteroatoms. The molecule has 2 aromatic rings. The number of aryl methyl sites for hydroxylation is 1. The third-order valence-corrected chi connectivity index (χ3v) is 2.86. The summed E-state index contributed by atoms with van der Waals surface area (Å²) in [6, 6.07) is 9.34. The molecule has 106 valence electrons. The molecule has 0 aromatic heterocycles. The van der Waals surface area contributed by atoms with Crippen LogP contribution in [0.5, 0.6) is 11.5 Å². The van der Waals surface area contributed by atoms with Crippen LogP contribution in [-0.4, -0.2) is 6.04 Å². The molecule has 0 radical (unpaired) electrons. The maximum Gasteiger partial charge on any atom is 0.198 e. The van der Waals surface area contributed by atoms with Crippen LogP contribution in [0.1, 0.15) is 18.1 Å². The average Bonchev–Trinajstić information content (AvgIpc) is 2.35. The molecule has 0 heterocycles. The van der Waals surface area contributed by atoms with E-state index < -0.39 is 11.6 Å². The molecule has 0 fully saturated rings. The minimum atomic E-state index is -0.721. The van der Waals surface area contributed by atoms with Crippen molar-refractivity contribution in [3.8, 4) is 11.5 Å². The Morgan fingerprint density at radius 2 is 1.65 bits per heavy atom. The first kappa shape index (κ1) is 14.5. The Kier molecular flexibility index (Phi) is 4.35. The number of ether oxygens (including phenoxy) is 1. The summed E-state index contributed by atoms with van der Waals surface area (Å²) in [6.07, 6.45) is 0.415. The third-order valence-electron chi connectivity index (χ3n) is 2.86. The summed E-state index contributed by atoms with van der Waals surface area (Å²) < 4.78 is 33.1. The van der Waals surface area contributed by atoms with Gasteiger partial charge in [-0.15, -0.1) is 0 Å². The largest absolute Gasteiger partial charge is 0.451 e. The van der Waals surface area contributed by atoms with Crippen molar-refractivity contribution in [2.45, 2.75) is 26.3 Å². The van der Waals surface area contributed by atoms with Crippen molar-refractivity contribution in [2.75, 3.05) is 0 Å². The number of halogens is 2. The molecule has 0 bridgehead atoms. The third kappa shape index (κ3) is 3.54. The van der Waals surface area contributed by atoms with E-state index in [1.807, 2.05) is 19.1 Å². The SMILES string of the molecule is Cc1ccc(Oc2c(F)cc(CC(C)N)cc2F)cc1. The second-order valence-electron chi connectivity index (χ2n) is 4.99. The van der Waals surface area contributed by atoms with Gasteiger partial charge < -0.3 is 10.5 Å². The van der Waals surface area contributed by atoms with Crippen molar-refractivity contribution < 1.29 is 13.5 Å².